The number of nitrogens with zero attached hydrogens (tertiary/aromatic N) is 5. The fraction of sp³-hybridized carbons (Fsp3) is 0.333. The van der Waals surface area contributed by atoms with E-state index in [0.29, 0.717) is 17.5 Å². The van der Waals surface area contributed by atoms with Crippen LogP contribution in [-0.4, -0.2) is 37.6 Å². The SMILES string of the molecule is FC(F)(F)c1cccc(-c2noc(CSc3nnc(-c4cccs4)n3CC3CCCO3)n2)c1. The molecule has 1 unspecified atom stereocenters. The van der Waals surface area contributed by atoms with Crippen molar-refractivity contribution >= 4 is 23.1 Å². The zero-order valence-corrected chi connectivity index (χ0v) is 18.8. The number of ether oxygens (including phenoxy) is 1. The zero-order chi connectivity index (χ0) is 22.8. The Labute approximate surface area is 195 Å². The molecule has 0 radical (unpaired) electrons. The van der Waals surface area contributed by atoms with Gasteiger partial charge in [0.25, 0.3) is 0 Å². The summed E-state index contributed by atoms with van der Waals surface area (Å²) < 4.78 is 52.1. The average Bonchev–Trinajstić information content (AvgIpc) is 3.60. The van der Waals surface area contributed by atoms with Crippen molar-refractivity contribution < 1.29 is 22.4 Å². The summed E-state index contributed by atoms with van der Waals surface area (Å²) in [5.41, 5.74) is -0.518. The minimum Gasteiger partial charge on any atom is -0.376 e. The summed E-state index contributed by atoms with van der Waals surface area (Å²) in [6.07, 6.45) is -2.32. The normalized spacial score (nSPS) is 16.5. The number of rotatable bonds is 7. The molecule has 0 bridgehead atoms. The third kappa shape index (κ3) is 4.97. The van der Waals surface area contributed by atoms with E-state index in [2.05, 4.69) is 20.3 Å². The van der Waals surface area contributed by atoms with Crippen molar-refractivity contribution in [1.82, 2.24) is 24.9 Å². The van der Waals surface area contributed by atoms with Crippen LogP contribution in [0.3, 0.4) is 0 Å². The fourth-order valence-electron chi connectivity index (χ4n) is 3.53. The second kappa shape index (κ2) is 9.27. The van der Waals surface area contributed by atoms with Gasteiger partial charge in [-0.15, -0.1) is 21.5 Å². The smallest absolute Gasteiger partial charge is 0.376 e. The highest BCUT2D eigenvalue weighted by molar-refractivity contribution is 7.98. The highest BCUT2D eigenvalue weighted by Crippen LogP contribution is 2.33. The van der Waals surface area contributed by atoms with E-state index in [4.69, 9.17) is 9.26 Å². The molecule has 33 heavy (non-hydrogen) atoms. The van der Waals surface area contributed by atoms with Gasteiger partial charge in [-0.25, -0.2) is 0 Å². The summed E-state index contributed by atoms with van der Waals surface area (Å²) in [6, 6.07) is 8.81. The molecule has 0 N–H and O–H groups in total. The minimum absolute atomic E-state index is 0.106. The molecule has 4 heterocycles. The summed E-state index contributed by atoms with van der Waals surface area (Å²) in [5, 5.41) is 15.2. The molecule has 172 valence electrons. The number of alkyl halides is 3. The summed E-state index contributed by atoms with van der Waals surface area (Å²) >= 11 is 2.97. The first-order valence-electron chi connectivity index (χ1n) is 10.2. The zero-order valence-electron chi connectivity index (χ0n) is 17.2. The first kappa shape index (κ1) is 22.1. The van der Waals surface area contributed by atoms with Crippen LogP contribution in [0.1, 0.15) is 24.3 Å². The van der Waals surface area contributed by atoms with Crippen molar-refractivity contribution in [2.45, 2.75) is 42.6 Å². The number of aromatic nitrogens is 5. The molecule has 7 nitrogen and oxygen atoms in total. The molecule has 1 aliphatic heterocycles. The van der Waals surface area contributed by atoms with Gasteiger partial charge in [-0.05, 0) is 36.4 Å². The van der Waals surface area contributed by atoms with Gasteiger partial charge in [0.05, 0.1) is 28.8 Å². The van der Waals surface area contributed by atoms with E-state index in [0.717, 1.165) is 42.3 Å². The van der Waals surface area contributed by atoms with Crippen LogP contribution in [0.15, 0.2) is 51.5 Å². The lowest BCUT2D eigenvalue weighted by Gasteiger charge is -2.13. The predicted octanol–water partition coefficient (Wildman–Crippen LogP) is 5.55. The number of benzene rings is 1. The Balaban J connectivity index is 1.33. The van der Waals surface area contributed by atoms with E-state index >= 15 is 0 Å². The van der Waals surface area contributed by atoms with E-state index in [1.807, 2.05) is 22.1 Å². The third-order valence-corrected chi connectivity index (χ3v) is 6.93. The second-order valence-electron chi connectivity index (χ2n) is 7.41. The molecule has 1 fully saturated rings. The lowest BCUT2D eigenvalue weighted by atomic mass is 10.1. The molecule has 0 saturated carbocycles. The Bertz CT molecular complexity index is 1220. The molecule has 1 atom stereocenters. The highest BCUT2D eigenvalue weighted by atomic mass is 32.2. The Morgan fingerprint density at radius 2 is 2.09 bits per heavy atom. The second-order valence-corrected chi connectivity index (χ2v) is 9.30. The van der Waals surface area contributed by atoms with Gasteiger partial charge in [0.2, 0.25) is 11.7 Å². The molecule has 4 aromatic rings. The molecule has 0 amide bonds. The maximum Gasteiger partial charge on any atom is 0.416 e. The van der Waals surface area contributed by atoms with Gasteiger partial charge in [0.1, 0.15) is 0 Å². The molecule has 12 heteroatoms. The van der Waals surface area contributed by atoms with Crippen molar-refractivity contribution in [1.29, 1.82) is 0 Å². The van der Waals surface area contributed by atoms with Crippen molar-refractivity contribution in [2.75, 3.05) is 6.61 Å². The average molecular weight is 494 g/mol. The van der Waals surface area contributed by atoms with Crippen LogP contribution in [0.5, 0.6) is 0 Å². The number of hydrogen-bond acceptors (Lipinski definition) is 8. The molecule has 1 aliphatic rings. The Kier molecular flexibility index (Phi) is 6.21. The van der Waals surface area contributed by atoms with Crippen LogP contribution in [0.2, 0.25) is 0 Å². The number of thioether (sulfide) groups is 1. The monoisotopic (exact) mass is 493 g/mol. The Morgan fingerprint density at radius 1 is 1.18 bits per heavy atom. The van der Waals surface area contributed by atoms with Gasteiger partial charge < -0.3 is 9.26 Å². The van der Waals surface area contributed by atoms with Crippen molar-refractivity contribution in [2.24, 2.45) is 0 Å². The predicted molar refractivity (Wildman–Crippen MR) is 117 cm³/mol. The number of thiophene rings is 1. The highest BCUT2D eigenvalue weighted by Gasteiger charge is 2.31. The van der Waals surface area contributed by atoms with Crippen molar-refractivity contribution in [3.63, 3.8) is 0 Å². The third-order valence-electron chi connectivity index (χ3n) is 5.11. The van der Waals surface area contributed by atoms with Gasteiger partial charge in [-0.3, -0.25) is 4.57 Å². The largest absolute Gasteiger partial charge is 0.416 e. The molecular weight excluding hydrogens is 475 g/mol. The lowest BCUT2D eigenvalue weighted by Crippen LogP contribution is -2.16. The minimum atomic E-state index is -4.44. The van der Waals surface area contributed by atoms with E-state index in [9.17, 15) is 13.2 Å². The van der Waals surface area contributed by atoms with E-state index in [1.165, 1.54) is 23.9 Å². The molecule has 0 aliphatic carbocycles. The van der Waals surface area contributed by atoms with E-state index < -0.39 is 11.7 Å². The Morgan fingerprint density at radius 3 is 2.85 bits per heavy atom. The van der Waals surface area contributed by atoms with Crippen LogP contribution >= 0.6 is 23.1 Å². The number of halogens is 3. The summed E-state index contributed by atoms with van der Waals surface area (Å²) in [6.45, 7) is 1.39. The lowest BCUT2D eigenvalue weighted by molar-refractivity contribution is -0.137. The Hall–Kier alpha value is -2.70. The fourth-order valence-corrected chi connectivity index (χ4v) is 5.03. The van der Waals surface area contributed by atoms with Gasteiger partial charge in [-0.1, -0.05) is 35.1 Å². The van der Waals surface area contributed by atoms with Gasteiger partial charge in [0.15, 0.2) is 11.0 Å². The van der Waals surface area contributed by atoms with Gasteiger partial charge in [0, 0.05) is 12.2 Å². The van der Waals surface area contributed by atoms with E-state index in [1.54, 1.807) is 11.3 Å². The summed E-state index contributed by atoms with van der Waals surface area (Å²) in [4.78, 5) is 5.27. The molecule has 1 aromatic carbocycles. The topological polar surface area (TPSA) is 78.9 Å². The van der Waals surface area contributed by atoms with Crippen LogP contribution in [0.25, 0.3) is 22.1 Å². The quantitative estimate of drug-likeness (QED) is 0.313. The molecular formula is C21H18F3N5O2S2. The molecule has 0 spiro atoms. The summed E-state index contributed by atoms with van der Waals surface area (Å²) in [7, 11) is 0. The van der Waals surface area contributed by atoms with Gasteiger partial charge >= 0.3 is 6.18 Å². The molecule has 3 aromatic heterocycles. The van der Waals surface area contributed by atoms with Crippen LogP contribution in [0.4, 0.5) is 13.2 Å². The van der Waals surface area contributed by atoms with Crippen LogP contribution in [-0.2, 0) is 23.2 Å². The van der Waals surface area contributed by atoms with Crippen LogP contribution < -0.4 is 0 Å². The maximum atomic E-state index is 13.0. The molecule has 1 saturated heterocycles. The molecule has 5 rings (SSSR count). The standard InChI is InChI=1S/C21H18F3N5O2S2/c22-21(23,24)14-5-1-4-13(10-14)18-25-17(31-28-18)12-33-20-27-26-19(16-7-3-9-32-16)29(20)11-15-6-2-8-30-15/h1,3-5,7,9-10,15H,2,6,8,11-12H2. The maximum absolute atomic E-state index is 13.0. The first-order chi connectivity index (χ1) is 16.0. The number of hydrogen-bond donors (Lipinski definition) is 0. The van der Waals surface area contributed by atoms with Crippen LogP contribution in [0, 0.1) is 0 Å². The van der Waals surface area contributed by atoms with Crippen molar-refractivity contribution in [3.05, 3.63) is 53.2 Å². The summed E-state index contributed by atoms with van der Waals surface area (Å²) in [5.74, 6) is 1.48. The first-order valence-corrected chi connectivity index (χ1v) is 12.1. The van der Waals surface area contributed by atoms with E-state index in [-0.39, 0.29) is 23.4 Å². The van der Waals surface area contributed by atoms with Crippen molar-refractivity contribution in [3.8, 4) is 22.1 Å². The van der Waals surface area contributed by atoms with Gasteiger partial charge in [-0.2, -0.15) is 18.2 Å².